The van der Waals surface area contributed by atoms with Crippen molar-refractivity contribution in [2.24, 2.45) is 0 Å². The van der Waals surface area contributed by atoms with Gasteiger partial charge in [-0.1, -0.05) is 52.8 Å². The predicted octanol–water partition coefficient (Wildman–Crippen LogP) is 5.47. The van der Waals surface area contributed by atoms with Crippen molar-refractivity contribution >= 4 is 43.6 Å². The molecule has 0 aliphatic rings. The van der Waals surface area contributed by atoms with E-state index >= 15 is 0 Å². The quantitative estimate of drug-likeness (QED) is 0.713. The molecule has 0 unspecified atom stereocenters. The Morgan fingerprint density at radius 3 is 2.53 bits per heavy atom. The van der Waals surface area contributed by atoms with Crippen molar-refractivity contribution in [3.05, 3.63) is 57.0 Å². The van der Waals surface area contributed by atoms with Gasteiger partial charge in [0.25, 0.3) is 0 Å². The minimum atomic E-state index is 0.900. The second-order valence-corrected chi connectivity index (χ2v) is 6.89. The number of hydrogen-bond acceptors (Lipinski definition) is 2. The predicted molar refractivity (Wildman–Crippen MR) is 89.8 cm³/mol. The maximum Gasteiger partial charge on any atom is 0.0314 e. The van der Waals surface area contributed by atoms with E-state index in [0.29, 0.717) is 0 Å². The van der Waals surface area contributed by atoms with Gasteiger partial charge in [-0.25, -0.2) is 0 Å². The van der Waals surface area contributed by atoms with Crippen LogP contribution in [0.5, 0.6) is 0 Å². The van der Waals surface area contributed by atoms with E-state index in [9.17, 15) is 0 Å². The van der Waals surface area contributed by atoms with Crippen LogP contribution >= 0.6 is 43.6 Å². The highest BCUT2D eigenvalue weighted by Crippen LogP contribution is 2.35. The first-order valence-corrected chi connectivity index (χ1v) is 8.52. The van der Waals surface area contributed by atoms with E-state index in [-0.39, 0.29) is 0 Å². The monoisotopic (exact) mass is 399 g/mol. The molecule has 0 heterocycles. The molecular formula is C15H15Br2NS. The first-order chi connectivity index (χ1) is 9.20. The van der Waals surface area contributed by atoms with Gasteiger partial charge in [-0.15, -0.1) is 0 Å². The maximum absolute atomic E-state index is 3.64. The highest BCUT2D eigenvalue weighted by Gasteiger charge is 2.05. The summed E-state index contributed by atoms with van der Waals surface area (Å²) in [4.78, 5) is 2.47. The molecule has 0 aromatic heterocycles. The zero-order chi connectivity index (χ0) is 13.7. The molecule has 0 spiro atoms. The minimum Gasteiger partial charge on any atom is -0.313 e. The lowest BCUT2D eigenvalue weighted by Crippen LogP contribution is -2.11. The summed E-state index contributed by atoms with van der Waals surface area (Å²) in [5.74, 6) is 0. The number of nitrogens with one attached hydrogen (secondary N) is 1. The molecule has 0 amide bonds. The second-order valence-electron chi connectivity index (χ2n) is 4.07. The SMILES string of the molecule is CCNCc1ccc(Sc2ccccc2Br)cc1Br. The molecule has 0 bridgehead atoms. The molecule has 2 aromatic rings. The van der Waals surface area contributed by atoms with Crippen LogP contribution in [0, 0.1) is 0 Å². The van der Waals surface area contributed by atoms with Crippen LogP contribution in [0.25, 0.3) is 0 Å². The van der Waals surface area contributed by atoms with Crippen molar-refractivity contribution in [3.63, 3.8) is 0 Å². The van der Waals surface area contributed by atoms with Crippen molar-refractivity contribution < 1.29 is 0 Å². The third kappa shape index (κ3) is 4.35. The summed E-state index contributed by atoms with van der Waals surface area (Å²) in [5.41, 5.74) is 1.29. The Balaban J connectivity index is 2.14. The standard InChI is InChI=1S/C15H15Br2NS/c1-2-18-10-11-7-8-12(9-14(11)17)19-15-6-4-3-5-13(15)16/h3-9,18H,2,10H2,1H3. The lowest BCUT2D eigenvalue weighted by atomic mass is 10.2. The third-order valence-electron chi connectivity index (χ3n) is 2.65. The van der Waals surface area contributed by atoms with Gasteiger partial charge < -0.3 is 5.32 Å². The summed E-state index contributed by atoms with van der Waals surface area (Å²) >= 11 is 8.99. The van der Waals surface area contributed by atoms with Crippen LogP contribution in [0.2, 0.25) is 0 Å². The fourth-order valence-corrected chi connectivity index (χ4v) is 3.73. The van der Waals surface area contributed by atoms with Crippen LogP contribution in [-0.4, -0.2) is 6.54 Å². The molecule has 0 aliphatic carbocycles. The highest BCUT2D eigenvalue weighted by molar-refractivity contribution is 9.10. The summed E-state index contributed by atoms with van der Waals surface area (Å²) < 4.78 is 2.29. The Bertz CT molecular complexity index is 558. The first-order valence-electron chi connectivity index (χ1n) is 6.12. The van der Waals surface area contributed by atoms with E-state index in [0.717, 1.165) is 22.0 Å². The fraction of sp³-hybridized carbons (Fsp3) is 0.200. The Morgan fingerprint density at radius 2 is 1.84 bits per heavy atom. The molecule has 0 aliphatic heterocycles. The lowest BCUT2D eigenvalue weighted by molar-refractivity contribution is 0.724. The van der Waals surface area contributed by atoms with E-state index in [1.54, 1.807) is 11.8 Å². The maximum atomic E-state index is 3.64. The molecule has 100 valence electrons. The van der Waals surface area contributed by atoms with Crippen molar-refractivity contribution in [2.75, 3.05) is 6.54 Å². The molecule has 0 saturated carbocycles. The van der Waals surface area contributed by atoms with E-state index in [4.69, 9.17) is 0 Å². The number of halogens is 2. The van der Waals surface area contributed by atoms with Crippen LogP contribution in [0.4, 0.5) is 0 Å². The molecule has 0 radical (unpaired) electrons. The molecule has 0 atom stereocenters. The minimum absolute atomic E-state index is 0.900. The first kappa shape index (κ1) is 15.1. The van der Waals surface area contributed by atoms with Crippen molar-refractivity contribution in [3.8, 4) is 0 Å². The van der Waals surface area contributed by atoms with Crippen LogP contribution in [0.15, 0.2) is 61.2 Å². The summed E-state index contributed by atoms with van der Waals surface area (Å²) in [7, 11) is 0. The fourth-order valence-electron chi connectivity index (χ4n) is 1.65. The zero-order valence-corrected chi connectivity index (χ0v) is 14.6. The average molecular weight is 401 g/mol. The molecule has 2 aromatic carbocycles. The van der Waals surface area contributed by atoms with Gasteiger partial charge in [0.15, 0.2) is 0 Å². The summed E-state index contributed by atoms with van der Waals surface area (Å²) in [6.45, 7) is 4.00. The van der Waals surface area contributed by atoms with Crippen LogP contribution < -0.4 is 5.32 Å². The lowest BCUT2D eigenvalue weighted by Gasteiger charge is -2.08. The van der Waals surface area contributed by atoms with Crippen LogP contribution in [0.3, 0.4) is 0 Å². The smallest absolute Gasteiger partial charge is 0.0314 e. The summed E-state index contributed by atoms with van der Waals surface area (Å²) in [6.07, 6.45) is 0. The van der Waals surface area contributed by atoms with Gasteiger partial charge in [-0.05, 0) is 52.3 Å². The molecule has 0 saturated heterocycles. The normalized spacial score (nSPS) is 10.7. The third-order valence-corrected chi connectivity index (χ3v) is 5.41. The van der Waals surface area contributed by atoms with Gasteiger partial charge in [0.05, 0.1) is 0 Å². The molecular weight excluding hydrogens is 386 g/mol. The van der Waals surface area contributed by atoms with Gasteiger partial charge in [0.1, 0.15) is 0 Å². The largest absolute Gasteiger partial charge is 0.313 e. The van der Waals surface area contributed by atoms with E-state index in [1.165, 1.54) is 15.4 Å². The average Bonchev–Trinajstić information content (AvgIpc) is 2.40. The Labute approximate surface area is 135 Å². The van der Waals surface area contributed by atoms with E-state index < -0.39 is 0 Å². The molecule has 1 N–H and O–H groups in total. The highest BCUT2D eigenvalue weighted by atomic mass is 79.9. The Morgan fingerprint density at radius 1 is 1.05 bits per heavy atom. The molecule has 0 fully saturated rings. The Hall–Kier alpha value is -0.290. The summed E-state index contributed by atoms with van der Waals surface area (Å²) in [6, 6.07) is 14.8. The molecule has 2 rings (SSSR count). The zero-order valence-electron chi connectivity index (χ0n) is 10.6. The molecule has 4 heteroatoms. The topological polar surface area (TPSA) is 12.0 Å². The number of hydrogen-bond donors (Lipinski definition) is 1. The Kier molecular flexibility index (Phi) is 5.95. The summed E-state index contributed by atoms with van der Waals surface area (Å²) in [5, 5.41) is 3.34. The van der Waals surface area contributed by atoms with Crippen LogP contribution in [0.1, 0.15) is 12.5 Å². The molecule has 19 heavy (non-hydrogen) atoms. The van der Waals surface area contributed by atoms with Gasteiger partial charge in [-0.2, -0.15) is 0 Å². The van der Waals surface area contributed by atoms with Crippen molar-refractivity contribution in [1.29, 1.82) is 0 Å². The molecule has 1 nitrogen and oxygen atoms in total. The number of benzene rings is 2. The van der Waals surface area contributed by atoms with Gasteiger partial charge in [0.2, 0.25) is 0 Å². The van der Waals surface area contributed by atoms with Crippen molar-refractivity contribution in [1.82, 2.24) is 5.32 Å². The van der Waals surface area contributed by atoms with Gasteiger partial charge >= 0.3 is 0 Å². The van der Waals surface area contributed by atoms with Crippen molar-refractivity contribution in [2.45, 2.75) is 23.3 Å². The second kappa shape index (κ2) is 7.48. The number of rotatable bonds is 5. The van der Waals surface area contributed by atoms with E-state index in [1.807, 2.05) is 6.07 Å². The van der Waals surface area contributed by atoms with Crippen LogP contribution in [-0.2, 0) is 6.54 Å². The van der Waals surface area contributed by atoms with Gasteiger partial charge in [-0.3, -0.25) is 0 Å². The van der Waals surface area contributed by atoms with E-state index in [2.05, 4.69) is 80.5 Å². The van der Waals surface area contributed by atoms with Gasteiger partial charge in [0, 0.05) is 25.3 Å².